The van der Waals surface area contributed by atoms with Crippen LogP contribution >= 0.6 is 0 Å². The summed E-state index contributed by atoms with van der Waals surface area (Å²) in [6.07, 6.45) is -1.58. The van der Waals surface area contributed by atoms with Gasteiger partial charge in [0.2, 0.25) is 0 Å². The lowest BCUT2D eigenvalue weighted by Crippen LogP contribution is -2.37. The first-order valence-electron chi connectivity index (χ1n) is 5.07. The van der Waals surface area contributed by atoms with Crippen LogP contribution in [0.3, 0.4) is 0 Å². The van der Waals surface area contributed by atoms with Crippen LogP contribution in [0, 0.1) is 0 Å². The minimum absolute atomic E-state index is 0.789. The van der Waals surface area contributed by atoms with Gasteiger partial charge in [0, 0.05) is 0 Å². The Balaban J connectivity index is 0. The van der Waals surface area contributed by atoms with Crippen LogP contribution in [-0.4, -0.2) is 65.7 Å². The maximum absolute atomic E-state index is 10.0. The summed E-state index contributed by atoms with van der Waals surface area (Å²) < 4.78 is 0. The third-order valence-corrected chi connectivity index (χ3v) is 1.91. The van der Waals surface area contributed by atoms with E-state index < -0.39 is 47.9 Å². The average molecular weight is 296 g/mol. The van der Waals surface area contributed by atoms with Crippen LogP contribution in [0.5, 0.6) is 0 Å². The first kappa shape index (κ1) is 20.1. The molecule has 0 amide bonds. The third-order valence-electron chi connectivity index (χ3n) is 1.91. The van der Waals surface area contributed by atoms with Gasteiger partial charge in [-0.15, -0.1) is 0 Å². The molecule has 10 heteroatoms. The minimum atomic E-state index is -2.16. The van der Waals surface area contributed by atoms with Crippen LogP contribution in [0.4, 0.5) is 0 Å². The quantitative estimate of drug-likeness (QED) is 0.339. The van der Waals surface area contributed by atoms with Crippen molar-refractivity contribution in [3.8, 4) is 0 Å². The van der Waals surface area contributed by atoms with Crippen molar-refractivity contribution in [2.45, 2.75) is 37.9 Å². The molecule has 20 heavy (non-hydrogen) atoms. The molecule has 0 aliphatic rings. The average Bonchev–Trinajstić information content (AvgIpc) is 2.13. The molecule has 0 spiro atoms. The lowest BCUT2D eigenvalue weighted by atomic mass is 10.0. The predicted octanol–water partition coefficient (Wildman–Crippen LogP) is -1.41. The van der Waals surface area contributed by atoms with Gasteiger partial charge in [-0.3, -0.25) is 9.59 Å². The molecule has 0 saturated heterocycles. The normalized spacial score (nSPS) is 15.8. The molecule has 0 bridgehead atoms. The van der Waals surface area contributed by atoms with E-state index in [1.54, 1.807) is 0 Å². The summed E-state index contributed by atoms with van der Waals surface area (Å²) in [6, 6.07) is 0. The van der Waals surface area contributed by atoms with E-state index in [0.717, 1.165) is 13.8 Å². The predicted molar refractivity (Wildman–Crippen MR) is 61.0 cm³/mol. The molecule has 0 aromatic heterocycles. The molecule has 0 aromatic rings. The largest absolute Gasteiger partial charge is 0.481 e. The van der Waals surface area contributed by atoms with Gasteiger partial charge >= 0.3 is 23.9 Å². The fraction of sp³-hybridized carbons (Fsp3) is 0.600. The van der Waals surface area contributed by atoms with Gasteiger partial charge in [0.1, 0.15) is 0 Å². The van der Waals surface area contributed by atoms with E-state index in [2.05, 4.69) is 0 Å². The number of carbonyl (C=O) groups is 4. The van der Waals surface area contributed by atoms with Gasteiger partial charge in [-0.25, -0.2) is 9.59 Å². The van der Waals surface area contributed by atoms with Gasteiger partial charge in [0.25, 0.3) is 0 Å². The Bertz CT molecular complexity index is 357. The van der Waals surface area contributed by atoms with Gasteiger partial charge in [-0.2, -0.15) is 0 Å². The number of carboxylic acid groups (broad SMARTS) is 4. The SMILES string of the molecule is CC(O)(CC(=O)O)C(=O)O.CC(O)(CC(=O)O)C(=O)O. The Kier molecular flexibility index (Phi) is 7.45. The van der Waals surface area contributed by atoms with Crippen molar-refractivity contribution in [3.05, 3.63) is 0 Å². The Hall–Kier alpha value is -2.20. The Labute approximate surface area is 112 Å². The molecule has 0 aliphatic heterocycles. The monoisotopic (exact) mass is 296 g/mol. The second-order valence-corrected chi connectivity index (χ2v) is 4.30. The molecule has 0 aliphatic carbocycles. The van der Waals surface area contributed by atoms with Gasteiger partial charge in [0.05, 0.1) is 12.8 Å². The molecule has 0 aromatic carbocycles. The number of rotatable bonds is 6. The van der Waals surface area contributed by atoms with E-state index in [1.807, 2.05) is 0 Å². The topological polar surface area (TPSA) is 190 Å². The lowest BCUT2D eigenvalue weighted by Gasteiger charge is -2.13. The number of aliphatic carboxylic acids is 4. The molecule has 0 fully saturated rings. The Morgan fingerprint density at radius 1 is 0.700 bits per heavy atom. The van der Waals surface area contributed by atoms with Gasteiger partial charge in [-0.05, 0) is 13.8 Å². The third kappa shape index (κ3) is 8.83. The highest BCUT2D eigenvalue weighted by molar-refractivity contribution is 5.83. The zero-order valence-electron chi connectivity index (χ0n) is 10.7. The first-order chi connectivity index (χ1) is 8.72. The van der Waals surface area contributed by atoms with Crippen LogP contribution in [0.15, 0.2) is 0 Å². The summed E-state index contributed by atoms with van der Waals surface area (Å²) in [7, 11) is 0. The molecular weight excluding hydrogens is 280 g/mol. The second kappa shape index (κ2) is 7.40. The number of hydrogen-bond acceptors (Lipinski definition) is 6. The Morgan fingerprint density at radius 3 is 0.950 bits per heavy atom. The van der Waals surface area contributed by atoms with E-state index >= 15 is 0 Å². The van der Waals surface area contributed by atoms with Crippen LogP contribution in [0.25, 0.3) is 0 Å². The molecule has 0 rings (SSSR count). The Morgan fingerprint density at radius 2 is 0.900 bits per heavy atom. The van der Waals surface area contributed by atoms with Crippen molar-refractivity contribution in [1.82, 2.24) is 0 Å². The van der Waals surface area contributed by atoms with Crippen molar-refractivity contribution < 1.29 is 49.8 Å². The van der Waals surface area contributed by atoms with Crippen LogP contribution in [0.1, 0.15) is 26.7 Å². The van der Waals surface area contributed by atoms with E-state index in [9.17, 15) is 19.2 Å². The highest BCUT2D eigenvalue weighted by Gasteiger charge is 2.33. The van der Waals surface area contributed by atoms with Crippen LogP contribution in [0.2, 0.25) is 0 Å². The molecule has 2 unspecified atom stereocenters. The molecule has 6 N–H and O–H groups in total. The highest BCUT2D eigenvalue weighted by Crippen LogP contribution is 2.08. The summed E-state index contributed by atoms with van der Waals surface area (Å²) in [6.45, 7) is 1.87. The van der Waals surface area contributed by atoms with Crippen molar-refractivity contribution in [2.75, 3.05) is 0 Å². The smallest absolute Gasteiger partial charge is 0.335 e. The molecule has 10 nitrogen and oxygen atoms in total. The number of carboxylic acids is 4. The summed E-state index contributed by atoms with van der Waals surface area (Å²) in [5.74, 6) is -5.75. The van der Waals surface area contributed by atoms with E-state index in [4.69, 9.17) is 30.6 Å². The van der Waals surface area contributed by atoms with Gasteiger partial charge in [0.15, 0.2) is 11.2 Å². The fourth-order valence-corrected chi connectivity index (χ4v) is 0.740. The van der Waals surface area contributed by atoms with Crippen molar-refractivity contribution >= 4 is 23.9 Å². The minimum Gasteiger partial charge on any atom is -0.481 e. The van der Waals surface area contributed by atoms with E-state index in [0.29, 0.717) is 0 Å². The molecule has 0 heterocycles. The van der Waals surface area contributed by atoms with Gasteiger partial charge < -0.3 is 30.6 Å². The van der Waals surface area contributed by atoms with E-state index in [-0.39, 0.29) is 0 Å². The summed E-state index contributed by atoms with van der Waals surface area (Å²) >= 11 is 0. The standard InChI is InChI=1S/2C5H8O5/c2*1-5(10,4(8)9)2-3(6)7/h2*10H,2H2,1H3,(H,6,7)(H,8,9). The summed E-state index contributed by atoms with van der Waals surface area (Å²) in [4.78, 5) is 39.9. The maximum atomic E-state index is 10.0. The van der Waals surface area contributed by atoms with Crippen molar-refractivity contribution in [3.63, 3.8) is 0 Å². The molecule has 116 valence electrons. The van der Waals surface area contributed by atoms with Crippen LogP contribution in [-0.2, 0) is 19.2 Å². The van der Waals surface area contributed by atoms with Gasteiger partial charge in [-0.1, -0.05) is 0 Å². The van der Waals surface area contributed by atoms with Crippen LogP contribution < -0.4 is 0 Å². The zero-order chi connectivity index (χ0) is 16.7. The van der Waals surface area contributed by atoms with Crippen molar-refractivity contribution in [1.29, 1.82) is 0 Å². The zero-order valence-corrected chi connectivity index (χ0v) is 10.7. The maximum Gasteiger partial charge on any atom is 0.335 e. The lowest BCUT2D eigenvalue weighted by molar-refractivity contribution is -0.163. The highest BCUT2D eigenvalue weighted by atomic mass is 16.4. The number of aliphatic hydroxyl groups is 2. The number of hydrogen-bond donors (Lipinski definition) is 6. The first-order valence-corrected chi connectivity index (χ1v) is 5.07. The molecular formula is C10H16O10. The molecule has 0 saturated carbocycles. The second-order valence-electron chi connectivity index (χ2n) is 4.30. The fourth-order valence-electron chi connectivity index (χ4n) is 0.740. The summed E-state index contributed by atoms with van der Waals surface area (Å²) in [5, 5.41) is 50.1. The molecule has 2 atom stereocenters. The van der Waals surface area contributed by atoms with E-state index in [1.165, 1.54) is 0 Å². The van der Waals surface area contributed by atoms with Crippen molar-refractivity contribution in [2.24, 2.45) is 0 Å². The summed E-state index contributed by atoms with van der Waals surface area (Å²) in [5.41, 5.74) is -4.32. The molecule has 0 radical (unpaired) electrons.